The van der Waals surface area contributed by atoms with Gasteiger partial charge in [-0.1, -0.05) is 0 Å². The van der Waals surface area contributed by atoms with Crippen molar-refractivity contribution in [3.63, 3.8) is 0 Å². The maximum atomic E-state index is 12.3. The fourth-order valence-electron chi connectivity index (χ4n) is 1.76. The fraction of sp³-hybridized carbons (Fsp3) is 0.714. The van der Waals surface area contributed by atoms with E-state index in [9.17, 15) is 4.79 Å². The topological polar surface area (TPSA) is 72.9 Å². The fourth-order valence-corrected chi connectivity index (χ4v) is 1.76. The molecule has 0 aromatic carbocycles. The molecule has 0 atom stereocenters. The summed E-state index contributed by atoms with van der Waals surface area (Å²) < 4.78 is 1.83. The number of rotatable bonds is 4. The van der Waals surface area contributed by atoms with Crippen LogP contribution in [-0.4, -0.2) is 21.2 Å². The van der Waals surface area contributed by atoms with Gasteiger partial charge in [-0.3, -0.25) is 9.48 Å². The molecule has 0 saturated heterocycles. The minimum Gasteiger partial charge on any atom is -0.351 e. The Morgan fingerprint density at radius 3 is 2.21 bits per heavy atom. The number of nitrogens with zero attached hydrogens (tertiary/aromatic N) is 2. The van der Waals surface area contributed by atoms with Crippen LogP contribution >= 0.6 is 0 Å². The number of hydrogen-bond donors (Lipinski definition) is 2. The van der Waals surface area contributed by atoms with Crippen molar-refractivity contribution in [2.24, 2.45) is 18.2 Å². The van der Waals surface area contributed by atoms with Gasteiger partial charge in [-0.05, 0) is 41.5 Å². The number of nitrogens with two attached hydrogens (primary N) is 1. The van der Waals surface area contributed by atoms with Gasteiger partial charge in [0.05, 0.1) is 11.1 Å². The summed E-state index contributed by atoms with van der Waals surface area (Å²) in [5, 5.41) is 7.31. The van der Waals surface area contributed by atoms with E-state index in [1.165, 1.54) is 0 Å². The zero-order valence-corrected chi connectivity index (χ0v) is 13.1. The number of aromatic nitrogens is 2. The lowest BCUT2D eigenvalue weighted by Gasteiger charge is -2.36. The molecule has 0 radical (unpaired) electrons. The SMILES string of the molecule is Cc1nn(C)c(C)c1CNC(=O)C(C)(C)C(C)(C)N. The van der Waals surface area contributed by atoms with Gasteiger partial charge >= 0.3 is 0 Å². The average Bonchev–Trinajstić information content (AvgIpc) is 2.49. The molecule has 0 fully saturated rings. The van der Waals surface area contributed by atoms with Gasteiger partial charge in [-0.25, -0.2) is 0 Å². The van der Waals surface area contributed by atoms with E-state index in [0.717, 1.165) is 17.0 Å². The van der Waals surface area contributed by atoms with Gasteiger partial charge in [-0.15, -0.1) is 0 Å². The molecule has 19 heavy (non-hydrogen) atoms. The van der Waals surface area contributed by atoms with Gasteiger partial charge in [0.2, 0.25) is 5.91 Å². The second-order valence-corrected chi connectivity index (χ2v) is 6.30. The van der Waals surface area contributed by atoms with Gasteiger partial charge in [0.1, 0.15) is 0 Å². The molecule has 0 unspecified atom stereocenters. The van der Waals surface area contributed by atoms with Crippen molar-refractivity contribution in [1.82, 2.24) is 15.1 Å². The summed E-state index contributed by atoms with van der Waals surface area (Å²) in [6, 6.07) is 0. The van der Waals surface area contributed by atoms with E-state index in [1.807, 2.05) is 53.3 Å². The Labute approximate surface area is 115 Å². The van der Waals surface area contributed by atoms with Crippen LogP contribution in [0, 0.1) is 19.3 Å². The van der Waals surface area contributed by atoms with Crippen molar-refractivity contribution in [3.05, 3.63) is 17.0 Å². The predicted molar refractivity (Wildman–Crippen MR) is 76.6 cm³/mol. The van der Waals surface area contributed by atoms with Crippen molar-refractivity contribution in [2.45, 2.75) is 53.6 Å². The molecule has 1 amide bonds. The monoisotopic (exact) mass is 266 g/mol. The highest BCUT2D eigenvalue weighted by molar-refractivity contribution is 5.83. The third-order valence-electron chi connectivity index (χ3n) is 4.26. The summed E-state index contributed by atoms with van der Waals surface area (Å²) >= 11 is 0. The lowest BCUT2D eigenvalue weighted by molar-refractivity contribution is -0.132. The molecule has 0 bridgehead atoms. The molecular weight excluding hydrogens is 240 g/mol. The molecular formula is C14H26N4O. The van der Waals surface area contributed by atoms with E-state index in [2.05, 4.69) is 10.4 Å². The highest BCUT2D eigenvalue weighted by Crippen LogP contribution is 2.28. The minimum atomic E-state index is -0.628. The lowest BCUT2D eigenvalue weighted by atomic mass is 9.74. The van der Waals surface area contributed by atoms with E-state index in [1.54, 1.807) is 0 Å². The van der Waals surface area contributed by atoms with Crippen LogP contribution in [-0.2, 0) is 18.4 Å². The van der Waals surface area contributed by atoms with Crippen LogP contribution in [0.5, 0.6) is 0 Å². The Balaban J connectivity index is 2.80. The lowest BCUT2D eigenvalue weighted by Crippen LogP contribution is -2.55. The number of aryl methyl sites for hydroxylation is 2. The summed E-state index contributed by atoms with van der Waals surface area (Å²) in [7, 11) is 1.90. The molecule has 0 aliphatic carbocycles. The van der Waals surface area contributed by atoms with E-state index in [0.29, 0.717) is 6.54 Å². The number of nitrogens with one attached hydrogen (secondary N) is 1. The summed E-state index contributed by atoms with van der Waals surface area (Å²) in [4.78, 5) is 12.3. The molecule has 5 heteroatoms. The molecule has 1 aromatic heterocycles. The summed E-state index contributed by atoms with van der Waals surface area (Å²) in [6.45, 7) is 11.9. The molecule has 0 aliphatic heterocycles. The van der Waals surface area contributed by atoms with Crippen molar-refractivity contribution < 1.29 is 4.79 Å². The first-order valence-corrected chi connectivity index (χ1v) is 6.54. The van der Waals surface area contributed by atoms with E-state index in [4.69, 9.17) is 5.73 Å². The first-order valence-electron chi connectivity index (χ1n) is 6.54. The number of amides is 1. The van der Waals surface area contributed by atoms with Crippen molar-refractivity contribution in [3.8, 4) is 0 Å². The zero-order chi connectivity index (χ0) is 15.0. The second kappa shape index (κ2) is 4.96. The standard InChI is InChI=1S/C14H26N4O/c1-9-11(10(2)18(7)17-9)8-16-12(19)13(3,4)14(5,6)15/h8,15H2,1-7H3,(H,16,19). The molecule has 1 rings (SSSR count). The van der Waals surface area contributed by atoms with Crippen molar-refractivity contribution >= 4 is 5.91 Å². The average molecular weight is 266 g/mol. The van der Waals surface area contributed by atoms with Gasteiger partial charge in [0.25, 0.3) is 0 Å². The molecule has 5 nitrogen and oxygen atoms in total. The third kappa shape index (κ3) is 2.97. The molecule has 1 aromatic rings. The van der Waals surface area contributed by atoms with Crippen LogP contribution in [0.3, 0.4) is 0 Å². The second-order valence-electron chi connectivity index (χ2n) is 6.30. The van der Waals surface area contributed by atoms with Crippen LogP contribution in [0.1, 0.15) is 44.6 Å². The van der Waals surface area contributed by atoms with Crippen LogP contribution < -0.4 is 11.1 Å². The zero-order valence-electron chi connectivity index (χ0n) is 13.1. The summed E-state index contributed by atoms with van der Waals surface area (Å²) in [6.07, 6.45) is 0. The Hall–Kier alpha value is -1.36. The predicted octanol–water partition coefficient (Wildman–Crippen LogP) is 1.42. The van der Waals surface area contributed by atoms with Crippen molar-refractivity contribution in [1.29, 1.82) is 0 Å². The maximum Gasteiger partial charge on any atom is 0.227 e. The summed E-state index contributed by atoms with van der Waals surface area (Å²) in [5.74, 6) is -0.0392. The van der Waals surface area contributed by atoms with Gasteiger partial charge in [0.15, 0.2) is 0 Å². The Kier molecular flexibility index (Phi) is 4.10. The van der Waals surface area contributed by atoms with E-state index < -0.39 is 11.0 Å². The van der Waals surface area contributed by atoms with Crippen LogP contribution in [0.25, 0.3) is 0 Å². The van der Waals surface area contributed by atoms with Crippen molar-refractivity contribution in [2.75, 3.05) is 0 Å². The Bertz CT molecular complexity index is 480. The smallest absolute Gasteiger partial charge is 0.227 e. The largest absolute Gasteiger partial charge is 0.351 e. The molecule has 3 N–H and O–H groups in total. The first kappa shape index (κ1) is 15.7. The maximum absolute atomic E-state index is 12.3. The number of hydrogen-bond acceptors (Lipinski definition) is 3. The van der Waals surface area contributed by atoms with Crippen LogP contribution in [0.15, 0.2) is 0 Å². The molecule has 108 valence electrons. The van der Waals surface area contributed by atoms with Gasteiger partial charge < -0.3 is 11.1 Å². The molecule has 1 heterocycles. The highest BCUT2D eigenvalue weighted by Gasteiger charge is 2.40. The molecule has 0 saturated carbocycles. The highest BCUT2D eigenvalue weighted by atomic mass is 16.2. The quantitative estimate of drug-likeness (QED) is 0.865. The normalized spacial score (nSPS) is 12.6. The Morgan fingerprint density at radius 1 is 1.32 bits per heavy atom. The van der Waals surface area contributed by atoms with Gasteiger partial charge in [-0.2, -0.15) is 5.10 Å². The molecule has 0 spiro atoms. The van der Waals surface area contributed by atoms with Crippen LogP contribution in [0.4, 0.5) is 0 Å². The molecule has 0 aliphatic rings. The third-order valence-corrected chi connectivity index (χ3v) is 4.26. The van der Waals surface area contributed by atoms with Crippen LogP contribution in [0.2, 0.25) is 0 Å². The number of carbonyl (C=O) groups excluding carboxylic acids is 1. The Morgan fingerprint density at radius 2 is 1.84 bits per heavy atom. The van der Waals surface area contributed by atoms with E-state index >= 15 is 0 Å². The van der Waals surface area contributed by atoms with Gasteiger partial charge in [0, 0.05) is 30.4 Å². The minimum absolute atomic E-state index is 0.0392. The summed E-state index contributed by atoms with van der Waals surface area (Å²) in [5.41, 5.74) is 7.96. The number of carbonyl (C=O) groups is 1. The first-order chi connectivity index (χ1) is 8.48. The van der Waals surface area contributed by atoms with E-state index in [-0.39, 0.29) is 5.91 Å².